The monoisotopic (exact) mass is 263 g/mol. The minimum absolute atomic E-state index is 0.174. The molecule has 0 bridgehead atoms. The van der Waals surface area contributed by atoms with Gasteiger partial charge < -0.3 is 15.4 Å². The van der Waals surface area contributed by atoms with E-state index in [4.69, 9.17) is 5.11 Å². The summed E-state index contributed by atoms with van der Waals surface area (Å²) in [5.74, 6) is 0. The van der Waals surface area contributed by atoms with Crippen LogP contribution in [-0.2, 0) is 6.54 Å². The van der Waals surface area contributed by atoms with Crippen molar-refractivity contribution >= 4 is 17.1 Å². The lowest BCUT2D eigenvalue weighted by Crippen LogP contribution is -2.43. The van der Waals surface area contributed by atoms with Gasteiger partial charge in [-0.2, -0.15) is 0 Å². The summed E-state index contributed by atoms with van der Waals surface area (Å²) in [5.41, 5.74) is 0.867. The molecule has 0 spiro atoms. The fourth-order valence-corrected chi connectivity index (χ4v) is 2.07. The molecular weight excluding hydrogens is 246 g/mol. The van der Waals surface area contributed by atoms with E-state index in [0.717, 1.165) is 11.0 Å². The van der Waals surface area contributed by atoms with Crippen molar-refractivity contribution < 1.29 is 9.90 Å². The number of aryl methyl sites for hydroxylation is 1. The number of rotatable bonds is 4. The molecule has 0 fully saturated rings. The van der Waals surface area contributed by atoms with Crippen molar-refractivity contribution in [1.29, 1.82) is 0 Å². The third-order valence-corrected chi connectivity index (χ3v) is 3.09. The SMILES string of the molecule is CC(C)(CCn1c(=O)[nH]c2ccccc21)NC(=O)O. The van der Waals surface area contributed by atoms with E-state index in [9.17, 15) is 9.59 Å². The minimum Gasteiger partial charge on any atom is -0.465 e. The van der Waals surface area contributed by atoms with Crippen molar-refractivity contribution in [3.8, 4) is 0 Å². The quantitative estimate of drug-likeness (QED) is 0.785. The molecule has 0 aliphatic rings. The minimum atomic E-state index is -1.06. The Labute approximate surface area is 110 Å². The highest BCUT2D eigenvalue weighted by atomic mass is 16.4. The maximum absolute atomic E-state index is 11.8. The smallest absolute Gasteiger partial charge is 0.405 e. The van der Waals surface area contributed by atoms with Crippen molar-refractivity contribution in [2.45, 2.75) is 32.4 Å². The molecule has 3 N–H and O–H groups in total. The van der Waals surface area contributed by atoms with Gasteiger partial charge in [-0.25, -0.2) is 9.59 Å². The number of aromatic nitrogens is 2. The second-order valence-corrected chi connectivity index (χ2v) is 5.16. The number of hydrogen-bond donors (Lipinski definition) is 3. The van der Waals surface area contributed by atoms with Gasteiger partial charge in [0, 0.05) is 12.1 Å². The summed E-state index contributed by atoms with van der Waals surface area (Å²) < 4.78 is 1.63. The van der Waals surface area contributed by atoms with Crippen molar-refractivity contribution in [3.63, 3.8) is 0 Å². The summed E-state index contributed by atoms with van der Waals surface area (Å²) in [6.07, 6.45) is -0.530. The number of amides is 1. The van der Waals surface area contributed by atoms with Gasteiger partial charge in [0.25, 0.3) is 0 Å². The van der Waals surface area contributed by atoms with Gasteiger partial charge in [0.1, 0.15) is 0 Å². The molecular formula is C13H17N3O3. The first kappa shape index (κ1) is 13.2. The lowest BCUT2D eigenvalue weighted by Gasteiger charge is -2.24. The van der Waals surface area contributed by atoms with Crippen LogP contribution in [0.5, 0.6) is 0 Å². The molecule has 19 heavy (non-hydrogen) atoms. The predicted octanol–water partition coefficient (Wildman–Crippen LogP) is 1.77. The number of nitrogens with one attached hydrogen (secondary N) is 2. The number of nitrogens with zero attached hydrogens (tertiary/aromatic N) is 1. The molecule has 0 radical (unpaired) electrons. The molecule has 102 valence electrons. The van der Waals surface area contributed by atoms with E-state index in [2.05, 4.69) is 10.3 Å². The van der Waals surface area contributed by atoms with Gasteiger partial charge in [-0.15, -0.1) is 0 Å². The fourth-order valence-electron chi connectivity index (χ4n) is 2.07. The average molecular weight is 263 g/mol. The van der Waals surface area contributed by atoms with Crippen molar-refractivity contribution in [1.82, 2.24) is 14.9 Å². The van der Waals surface area contributed by atoms with Crippen molar-refractivity contribution in [2.24, 2.45) is 0 Å². The topological polar surface area (TPSA) is 87.1 Å². The molecule has 6 heteroatoms. The van der Waals surface area contributed by atoms with Gasteiger partial charge in [0.2, 0.25) is 0 Å². The van der Waals surface area contributed by atoms with E-state index in [1.807, 2.05) is 24.3 Å². The molecule has 0 aliphatic carbocycles. The normalized spacial score (nSPS) is 11.7. The summed E-state index contributed by atoms with van der Waals surface area (Å²) in [4.78, 5) is 25.3. The van der Waals surface area contributed by atoms with Crippen LogP contribution in [0.1, 0.15) is 20.3 Å². The van der Waals surface area contributed by atoms with Crippen molar-refractivity contribution in [3.05, 3.63) is 34.7 Å². The highest BCUT2D eigenvalue weighted by molar-refractivity contribution is 5.74. The Morgan fingerprint density at radius 1 is 1.42 bits per heavy atom. The highest BCUT2D eigenvalue weighted by Crippen LogP contribution is 2.13. The lowest BCUT2D eigenvalue weighted by molar-refractivity contribution is 0.179. The van der Waals surface area contributed by atoms with Crippen LogP contribution in [0.2, 0.25) is 0 Å². The lowest BCUT2D eigenvalue weighted by atomic mass is 10.0. The van der Waals surface area contributed by atoms with Gasteiger partial charge in [-0.3, -0.25) is 4.57 Å². The first-order valence-electron chi connectivity index (χ1n) is 6.08. The van der Waals surface area contributed by atoms with Gasteiger partial charge in [0.15, 0.2) is 0 Å². The number of H-pyrrole nitrogens is 1. The van der Waals surface area contributed by atoms with E-state index in [1.165, 1.54) is 0 Å². The van der Waals surface area contributed by atoms with E-state index in [1.54, 1.807) is 18.4 Å². The molecule has 1 amide bonds. The summed E-state index contributed by atoms with van der Waals surface area (Å²) in [7, 11) is 0. The number of imidazole rings is 1. The second kappa shape index (κ2) is 4.79. The number of carbonyl (C=O) groups is 1. The summed E-state index contributed by atoms with van der Waals surface area (Å²) in [6.45, 7) is 4.04. The number of fused-ring (bicyclic) bond motifs is 1. The van der Waals surface area contributed by atoms with E-state index < -0.39 is 11.6 Å². The molecule has 0 atom stereocenters. The number of carboxylic acid groups (broad SMARTS) is 1. The Kier molecular flexibility index (Phi) is 3.33. The van der Waals surface area contributed by atoms with Gasteiger partial charge in [-0.05, 0) is 32.4 Å². The third-order valence-electron chi connectivity index (χ3n) is 3.09. The molecule has 1 aromatic carbocycles. The summed E-state index contributed by atoms with van der Waals surface area (Å²) >= 11 is 0. The summed E-state index contributed by atoms with van der Waals surface area (Å²) in [5, 5.41) is 11.2. The van der Waals surface area contributed by atoms with Crippen LogP contribution in [0.25, 0.3) is 11.0 Å². The van der Waals surface area contributed by atoms with Crippen LogP contribution in [0, 0.1) is 0 Å². The molecule has 1 heterocycles. The van der Waals surface area contributed by atoms with E-state index >= 15 is 0 Å². The molecule has 6 nitrogen and oxygen atoms in total. The van der Waals surface area contributed by atoms with Crippen LogP contribution in [0.3, 0.4) is 0 Å². The largest absolute Gasteiger partial charge is 0.465 e. The Morgan fingerprint density at radius 3 is 2.79 bits per heavy atom. The van der Waals surface area contributed by atoms with Crippen LogP contribution in [0.15, 0.2) is 29.1 Å². The zero-order valence-electron chi connectivity index (χ0n) is 10.9. The fraction of sp³-hybridized carbons (Fsp3) is 0.385. The standard InChI is InChI=1S/C13H17N3O3/c1-13(2,15-12(18)19)7-8-16-10-6-4-3-5-9(10)14-11(16)17/h3-6,15H,7-8H2,1-2H3,(H,14,17)(H,18,19). The van der Waals surface area contributed by atoms with Gasteiger partial charge >= 0.3 is 11.8 Å². The molecule has 1 aromatic heterocycles. The van der Waals surface area contributed by atoms with Crippen LogP contribution >= 0.6 is 0 Å². The van der Waals surface area contributed by atoms with Crippen LogP contribution in [-0.4, -0.2) is 26.3 Å². The van der Waals surface area contributed by atoms with E-state index in [0.29, 0.717) is 13.0 Å². The van der Waals surface area contributed by atoms with E-state index in [-0.39, 0.29) is 5.69 Å². The predicted molar refractivity (Wildman–Crippen MR) is 72.4 cm³/mol. The van der Waals surface area contributed by atoms with Crippen molar-refractivity contribution in [2.75, 3.05) is 0 Å². The molecule has 2 rings (SSSR count). The summed E-state index contributed by atoms with van der Waals surface area (Å²) in [6, 6.07) is 7.43. The number of aromatic amines is 1. The molecule has 0 saturated heterocycles. The first-order chi connectivity index (χ1) is 8.89. The third kappa shape index (κ3) is 2.96. The Bertz CT molecular complexity index is 654. The zero-order chi connectivity index (χ0) is 14.0. The van der Waals surface area contributed by atoms with Gasteiger partial charge in [0.05, 0.1) is 11.0 Å². The Hall–Kier alpha value is -2.24. The van der Waals surface area contributed by atoms with Crippen LogP contribution in [0.4, 0.5) is 4.79 Å². The molecule has 0 saturated carbocycles. The average Bonchev–Trinajstić information content (AvgIpc) is 2.60. The Balaban J connectivity index is 2.20. The maximum atomic E-state index is 11.8. The molecule has 0 unspecified atom stereocenters. The number of para-hydroxylation sites is 2. The maximum Gasteiger partial charge on any atom is 0.405 e. The molecule has 2 aromatic rings. The molecule has 0 aliphatic heterocycles. The first-order valence-corrected chi connectivity index (χ1v) is 6.08. The second-order valence-electron chi connectivity index (χ2n) is 5.16. The highest BCUT2D eigenvalue weighted by Gasteiger charge is 2.20. The van der Waals surface area contributed by atoms with Gasteiger partial charge in [-0.1, -0.05) is 12.1 Å². The Morgan fingerprint density at radius 2 is 2.11 bits per heavy atom. The number of hydrogen-bond acceptors (Lipinski definition) is 2. The number of benzene rings is 1. The van der Waals surface area contributed by atoms with Crippen LogP contribution < -0.4 is 11.0 Å². The zero-order valence-corrected chi connectivity index (χ0v) is 10.9.